The summed E-state index contributed by atoms with van der Waals surface area (Å²) >= 11 is 0. The highest BCUT2D eigenvalue weighted by Gasteiger charge is 2.45. The van der Waals surface area contributed by atoms with Gasteiger partial charge < -0.3 is 5.32 Å². The first kappa shape index (κ1) is 6.47. The Morgan fingerprint density at radius 3 is 1.64 bits per heavy atom. The van der Waals surface area contributed by atoms with Crippen LogP contribution in [0.4, 0.5) is 0 Å². The second kappa shape index (κ2) is 2.22. The van der Waals surface area contributed by atoms with Crippen LogP contribution in [0.3, 0.4) is 0 Å². The Balaban J connectivity index is 1.89. The first-order valence-electron chi connectivity index (χ1n) is 5.16. The summed E-state index contributed by atoms with van der Waals surface area (Å²) in [7, 11) is 0. The van der Waals surface area contributed by atoms with Crippen molar-refractivity contribution >= 4 is 0 Å². The molecule has 3 aliphatic carbocycles. The minimum absolute atomic E-state index is 1.09. The molecule has 0 radical (unpaired) electrons. The highest BCUT2D eigenvalue weighted by atomic mass is 14.9. The quantitative estimate of drug-likeness (QED) is 0.555. The molecule has 0 spiro atoms. The second-order valence-corrected chi connectivity index (χ2v) is 4.66. The molecule has 62 valence electrons. The van der Waals surface area contributed by atoms with Crippen molar-refractivity contribution in [2.75, 3.05) is 13.1 Å². The molecule has 0 amide bonds. The van der Waals surface area contributed by atoms with Crippen LogP contribution in [0, 0.1) is 23.7 Å². The third-order valence-electron chi connectivity index (χ3n) is 4.34. The lowest BCUT2D eigenvalue weighted by molar-refractivity contribution is 0.0577. The van der Waals surface area contributed by atoms with Crippen LogP contribution in [-0.2, 0) is 0 Å². The molecule has 2 bridgehead atoms. The number of nitrogens with one attached hydrogen (secondary N) is 1. The van der Waals surface area contributed by atoms with E-state index in [1.807, 2.05) is 0 Å². The maximum absolute atomic E-state index is 3.57. The van der Waals surface area contributed by atoms with E-state index in [1.165, 1.54) is 13.1 Å². The second-order valence-electron chi connectivity index (χ2n) is 4.66. The summed E-state index contributed by atoms with van der Waals surface area (Å²) in [6, 6.07) is 0. The maximum atomic E-state index is 3.57. The third-order valence-corrected chi connectivity index (χ3v) is 4.34. The Bertz CT molecular complexity index is 140. The van der Waals surface area contributed by atoms with Gasteiger partial charge in [-0.25, -0.2) is 0 Å². The van der Waals surface area contributed by atoms with Crippen LogP contribution < -0.4 is 5.32 Å². The Morgan fingerprint density at radius 1 is 0.727 bits per heavy atom. The first-order chi connectivity index (χ1) is 5.45. The molecule has 1 heterocycles. The molecule has 2 atom stereocenters. The molecule has 11 heavy (non-hydrogen) atoms. The monoisotopic (exact) mass is 151 g/mol. The number of hydrogen-bond acceptors (Lipinski definition) is 1. The van der Waals surface area contributed by atoms with E-state index in [0.717, 1.165) is 23.7 Å². The summed E-state index contributed by atoms with van der Waals surface area (Å²) in [5.74, 6) is 4.39. The summed E-state index contributed by atoms with van der Waals surface area (Å²) < 4.78 is 0. The van der Waals surface area contributed by atoms with Crippen LogP contribution in [0.15, 0.2) is 0 Å². The molecule has 0 aromatic carbocycles. The Labute approximate surface area is 68.6 Å². The predicted octanol–water partition coefficient (Wildman–Crippen LogP) is 1.64. The van der Waals surface area contributed by atoms with Crippen molar-refractivity contribution in [3.63, 3.8) is 0 Å². The molecule has 1 aliphatic heterocycles. The van der Waals surface area contributed by atoms with E-state index in [9.17, 15) is 0 Å². The van der Waals surface area contributed by atoms with Crippen LogP contribution in [0.25, 0.3) is 0 Å². The van der Waals surface area contributed by atoms with Gasteiger partial charge in [-0.3, -0.25) is 0 Å². The molecule has 3 saturated carbocycles. The maximum Gasteiger partial charge on any atom is -0.00145 e. The van der Waals surface area contributed by atoms with Gasteiger partial charge in [0.2, 0.25) is 0 Å². The van der Waals surface area contributed by atoms with Gasteiger partial charge in [0.05, 0.1) is 0 Å². The van der Waals surface area contributed by atoms with Gasteiger partial charge in [-0.15, -0.1) is 0 Å². The van der Waals surface area contributed by atoms with Gasteiger partial charge in [0.25, 0.3) is 0 Å². The van der Waals surface area contributed by atoms with Crippen LogP contribution >= 0.6 is 0 Å². The molecular formula is C10H17N. The summed E-state index contributed by atoms with van der Waals surface area (Å²) in [6.07, 6.45) is 6.20. The summed E-state index contributed by atoms with van der Waals surface area (Å²) in [5.41, 5.74) is 0. The van der Waals surface area contributed by atoms with Gasteiger partial charge in [-0.05, 0) is 62.4 Å². The molecule has 0 aromatic rings. The van der Waals surface area contributed by atoms with Crippen molar-refractivity contribution < 1.29 is 0 Å². The summed E-state index contributed by atoms with van der Waals surface area (Å²) in [5, 5.41) is 3.57. The van der Waals surface area contributed by atoms with E-state index >= 15 is 0 Å². The largest absolute Gasteiger partial charge is 0.316 e. The van der Waals surface area contributed by atoms with Crippen LogP contribution in [0.2, 0.25) is 0 Å². The lowest BCUT2D eigenvalue weighted by Gasteiger charge is -2.45. The lowest BCUT2D eigenvalue weighted by atomic mass is 9.60. The standard InChI is InChI=1S/C10H17N/c1-2-8-4-3-7(1)9-5-11-6-10(8)9/h7-11H,1-6H2/t7?,8?,9-,10-/m0/s1. The van der Waals surface area contributed by atoms with Gasteiger partial charge in [0.1, 0.15) is 0 Å². The first-order valence-corrected chi connectivity index (χ1v) is 5.16. The van der Waals surface area contributed by atoms with Gasteiger partial charge >= 0.3 is 0 Å². The molecule has 1 N–H and O–H groups in total. The smallest absolute Gasteiger partial charge is 0.00145 e. The minimum atomic E-state index is 1.09. The van der Waals surface area contributed by atoms with Crippen molar-refractivity contribution in [2.24, 2.45) is 23.7 Å². The SMILES string of the molecule is C1CC2CCC1[C@@H]1CNC[C@@H]21. The van der Waals surface area contributed by atoms with Crippen LogP contribution in [-0.4, -0.2) is 13.1 Å². The lowest BCUT2D eigenvalue weighted by Crippen LogP contribution is -2.38. The van der Waals surface area contributed by atoms with E-state index in [-0.39, 0.29) is 0 Å². The Kier molecular flexibility index (Phi) is 1.31. The number of rotatable bonds is 0. The Morgan fingerprint density at radius 2 is 1.18 bits per heavy atom. The average Bonchev–Trinajstić information content (AvgIpc) is 2.55. The molecule has 4 rings (SSSR count). The molecular weight excluding hydrogens is 134 g/mol. The predicted molar refractivity (Wildman–Crippen MR) is 45.3 cm³/mol. The van der Waals surface area contributed by atoms with Gasteiger partial charge in [0.15, 0.2) is 0 Å². The van der Waals surface area contributed by atoms with E-state index in [1.54, 1.807) is 25.7 Å². The topological polar surface area (TPSA) is 12.0 Å². The fraction of sp³-hybridized carbons (Fsp3) is 1.00. The van der Waals surface area contributed by atoms with Gasteiger partial charge in [-0.1, -0.05) is 0 Å². The fourth-order valence-electron chi connectivity index (χ4n) is 3.75. The van der Waals surface area contributed by atoms with Crippen molar-refractivity contribution in [3.8, 4) is 0 Å². The zero-order valence-electron chi connectivity index (χ0n) is 7.05. The Hall–Kier alpha value is -0.0400. The van der Waals surface area contributed by atoms with Crippen molar-refractivity contribution in [2.45, 2.75) is 25.7 Å². The third kappa shape index (κ3) is 0.807. The molecule has 4 fully saturated rings. The van der Waals surface area contributed by atoms with E-state index in [0.29, 0.717) is 0 Å². The highest BCUT2D eigenvalue weighted by molar-refractivity contribution is 4.97. The zero-order chi connectivity index (χ0) is 7.26. The molecule has 0 aromatic heterocycles. The zero-order valence-corrected chi connectivity index (χ0v) is 7.05. The number of fused-ring (bicyclic) bond motifs is 2. The van der Waals surface area contributed by atoms with E-state index < -0.39 is 0 Å². The van der Waals surface area contributed by atoms with Crippen molar-refractivity contribution in [3.05, 3.63) is 0 Å². The molecule has 1 nitrogen and oxygen atoms in total. The molecule has 1 heteroatoms. The summed E-state index contributed by atoms with van der Waals surface area (Å²) in [6.45, 7) is 2.68. The van der Waals surface area contributed by atoms with Crippen LogP contribution in [0.1, 0.15) is 25.7 Å². The highest BCUT2D eigenvalue weighted by Crippen LogP contribution is 2.49. The van der Waals surface area contributed by atoms with Crippen molar-refractivity contribution in [1.29, 1.82) is 0 Å². The van der Waals surface area contributed by atoms with Gasteiger partial charge in [0, 0.05) is 0 Å². The average molecular weight is 151 g/mol. The molecule has 1 saturated heterocycles. The van der Waals surface area contributed by atoms with E-state index in [2.05, 4.69) is 5.32 Å². The van der Waals surface area contributed by atoms with Gasteiger partial charge in [-0.2, -0.15) is 0 Å². The van der Waals surface area contributed by atoms with Crippen molar-refractivity contribution in [1.82, 2.24) is 5.32 Å². The van der Waals surface area contributed by atoms with Crippen LogP contribution in [0.5, 0.6) is 0 Å². The normalized spacial score (nSPS) is 54.5. The van der Waals surface area contributed by atoms with E-state index in [4.69, 9.17) is 0 Å². The summed E-state index contributed by atoms with van der Waals surface area (Å²) in [4.78, 5) is 0. The molecule has 4 aliphatic rings. The number of hydrogen-bond donors (Lipinski definition) is 1. The minimum Gasteiger partial charge on any atom is -0.316 e. The fourth-order valence-corrected chi connectivity index (χ4v) is 3.75. The molecule has 0 unspecified atom stereocenters.